The lowest BCUT2D eigenvalue weighted by atomic mass is 10.1. The lowest BCUT2D eigenvalue weighted by Crippen LogP contribution is -2.14. The molecule has 3 nitrogen and oxygen atoms in total. The van der Waals surface area contributed by atoms with Gasteiger partial charge in [-0.1, -0.05) is 25.1 Å². The molecule has 1 aromatic rings. The van der Waals surface area contributed by atoms with Crippen molar-refractivity contribution in [2.24, 2.45) is 11.7 Å². The predicted octanol–water partition coefficient (Wildman–Crippen LogP) is 1.71. The summed E-state index contributed by atoms with van der Waals surface area (Å²) in [5, 5.41) is 8.89. The molecule has 0 spiro atoms. The van der Waals surface area contributed by atoms with E-state index >= 15 is 0 Å². The third-order valence-corrected chi connectivity index (χ3v) is 2.24. The van der Waals surface area contributed by atoms with Crippen molar-refractivity contribution in [2.75, 3.05) is 13.2 Å². The van der Waals surface area contributed by atoms with Crippen LogP contribution in [-0.4, -0.2) is 18.3 Å². The molecule has 1 unspecified atom stereocenters. The third-order valence-electron chi connectivity index (χ3n) is 2.24. The third kappa shape index (κ3) is 3.53. The number of hydrogen-bond donors (Lipinski definition) is 2. The fraction of sp³-hybridized carbons (Fsp3) is 0.500. The summed E-state index contributed by atoms with van der Waals surface area (Å²) in [4.78, 5) is 0. The van der Waals surface area contributed by atoms with Crippen molar-refractivity contribution >= 4 is 0 Å². The Bertz CT molecular complexity index is 299. The number of rotatable bonds is 5. The summed E-state index contributed by atoms with van der Waals surface area (Å²) < 4.78 is 5.61. The van der Waals surface area contributed by atoms with Gasteiger partial charge in [0.25, 0.3) is 0 Å². The monoisotopic (exact) mass is 209 g/mol. The van der Waals surface area contributed by atoms with Crippen LogP contribution < -0.4 is 10.5 Å². The molecule has 15 heavy (non-hydrogen) atoms. The second-order valence-electron chi connectivity index (χ2n) is 3.93. The molecular weight excluding hydrogens is 190 g/mol. The van der Waals surface area contributed by atoms with Crippen molar-refractivity contribution in [2.45, 2.75) is 19.9 Å². The number of benzene rings is 1. The minimum absolute atomic E-state index is 0.0365. The van der Waals surface area contributed by atoms with Gasteiger partial charge in [0.2, 0.25) is 0 Å². The maximum Gasteiger partial charge on any atom is 0.124 e. The minimum atomic E-state index is -0.0365. The van der Waals surface area contributed by atoms with E-state index in [1.54, 1.807) is 0 Å². The van der Waals surface area contributed by atoms with Gasteiger partial charge in [0.15, 0.2) is 0 Å². The van der Waals surface area contributed by atoms with Gasteiger partial charge in [0.1, 0.15) is 5.75 Å². The summed E-state index contributed by atoms with van der Waals surface area (Å²) in [7, 11) is 0. The van der Waals surface area contributed by atoms with Crippen LogP contribution >= 0.6 is 0 Å². The maximum absolute atomic E-state index is 8.89. The van der Waals surface area contributed by atoms with E-state index < -0.39 is 0 Å². The summed E-state index contributed by atoms with van der Waals surface area (Å²) in [6.45, 7) is 4.52. The first-order valence-corrected chi connectivity index (χ1v) is 5.23. The van der Waals surface area contributed by atoms with Crippen LogP contribution in [0.3, 0.4) is 0 Å². The summed E-state index contributed by atoms with van der Waals surface area (Å²) in [5.74, 6) is 0.957. The molecule has 3 N–H and O–H groups in total. The van der Waals surface area contributed by atoms with E-state index in [1.165, 1.54) is 0 Å². The van der Waals surface area contributed by atoms with Crippen molar-refractivity contribution in [1.29, 1.82) is 0 Å². The molecule has 0 saturated carbocycles. The SMILES string of the molecule is CC(CO)COc1ccccc1[C@H](C)N. The molecule has 84 valence electrons. The molecule has 0 aromatic heterocycles. The Kier molecular flexibility index (Phi) is 4.59. The van der Waals surface area contributed by atoms with Gasteiger partial charge in [0, 0.05) is 24.1 Å². The van der Waals surface area contributed by atoms with Crippen LogP contribution in [0.5, 0.6) is 5.75 Å². The van der Waals surface area contributed by atoms with Crippen LogP contribution in [0.1, 0.15) is 25.5 Å². The number of nitrogens with two attached hydrogens (primary N) is 1. The van der Waals surface area contributed by atoms with Crippen LogP contribution in [0.25, 0.3) is 0 Å². The highest BCUT2D eigenvalue weighted by Crippen LogP contribution is 2.23. The quantitative estimate of drug-likeness (QED) is 0.776. The molecule has 0 aliphatic rings. The van der Waals surface area contributed by atoms with Crippen LogP contribution in [0.15, 0.2) is 24.3 Å². The average Bonchev–Trinajstić information content (AvgIpc) is 2.26. The normalized spacial score (nSPS) is 14.7. The van der Waals surface area contributed by atoms with Gasteiger partial charge in [-0.3, -0.25) is 0 Å². The molecule has 1 aromatic carbocycles. The van der Waals surface area contributed by atoms with E-state index in [-0.39, 0.29) is 18.6 Å². The zero-order valence-electron chi connectivity index (χ0n) is 9.31. The van der Waals surface area contributed by atoms with Crippen LogP contribution in [0, 0.1) is 5.92 Å². The number of aliphatic hydroxyl groups is 1. The second-order valence-corrected chi connectivity index (χ2v) is 3.93. The molecule has 3 heteroatoms. The highest BCUT2D eigenvalue weighted by Gasteiger charge is 2.08. The molecule has 1 rings (SSSR count). The summed E-state index contributed by atoms with van der Waals surface area (Å²) >= 11 is 0. The summed E-state index contributed by atoms with van der Waals surface area (Å²) in [5.41, 5.74) is 6.83. The number of aliphatic hydroxyl groups excluding tert-OH is 1. The van der Waals surface area contributed by atoms with Crippen LogP contribution in [0.2, 0.25) is 0 Å². The fourth-order valence-electron chi connectivity index (χ4n) is 1.27. The molecule has 0 amide bonds. The number of para-hydroxylation sites is 1. The Hall–Kier alpha value is -1.06. The van der Waals surface area contributed by atoms with Crippen molar-refractivity contribution in [3.05, 3.63) is 29.8 Å². The van der Waals surface area contributed by atoms with E-state index in [4.69, 9.17) is 15.6 Å². The highest BCUT2D eigenvalue weighted by molar-refractivity contribution is 5.35. The molecule has 0 bridgehead atoms. The Morgan fingerprint density at radius 1 is 1.33 bits per heavy atom. The lowest BCUT2D eigenvalue weighted by Gasteiger charge is -2.15. The summed E-state index contributed by atoms with van der Waals surface area (Å²) in [6, 6.07) is 7.70. The fourth-order valence-corrected chi connectivity index (χ4v) is 1.27. The smallest absolute Gasteiger partial charge is 0.124 e. The van der Waals surface area contributed by atoms with Crippen molar-refractivity contribution in [1.82, 2.24) is 0 Å². The van der Waals surface area contributed by atoms with Gasteiger partial charge in [-0.2, -0.15) is 0 Å². The second kappa shape index (κ2) is 5.73. The molecular formula is C12H19NO2. The predicted molar refractivity (Wildman–Crippen MR) is 60.8 cm³/mol. The molecule has 0 aliphatic heterocycles. The largest absolute Gasteiger partial charge is 0.493 e. The van der Waals surface area contributed by atoms with E-state index in [0.29, 0.717) is 6.61 Å². The van der Waals surface area contributed by atoms with Gasteiger partial charge in [-0.15, -0.1) is 0 Å². The molecule has 0 heterocycles. The van der Waals surface area contributed by atoms with Gasteiger partial charge in [0.05, 0.1) is 6.61 Å². The zero-order chi connectivity index (χ0) is 11.3. The topological polar surface area (TPSA) is 55.5 Å². The Morgan fingerprint density at radius 2 is 2.00 bits per heavy atom. The minimum Gasteiger partial charge on any atom is -0.493 e. The molecule has 0 fully saturated rings. The van der Waals surface area contributed by atoms with Crippen molar-refractivity contribution in [3.8, 4) is 5.75 Å². The molecule has 0 aliphatic carbocycles. The number of hydrogen-bond acceptors (Lipinski definition) is 3. The van der Waals surface area contributed by atoms with Crippen molar-refractivity contribution in [3.63, 3.8) is 0 Å². The van der Waals surface area contributed by atoms with E-state index in [9.17, 15) is 0 Å². The van der Waals surface area contributed by atoms with E-state index in [1.807, 2.05) is 38.1 Å². The Balaban J connectivity index is 2.67. The number of ether oxygens (including phenoxy) is 1. The van der Waals surface area contributed by atoms with Crippen LogP contribution in [-0.2, 0) is 0 Å². The van der Waals surface area contributed by atoms with Gasteiger partial charge < -0.3 is 15.6 Å². The first-order chi connectivity index (χ1) is 7.15. The van der Waals surface area contributed by atoms with Gasteiger partial charge >= 0.3 is 0 Å². The molecule has 0 radical (unpaired) electrons. The Morgan fingerprint density at radius 3 is 2.60 bits per heavy atom. The maximum atomic E-state index is 8.89. The Labute approximate surface area is 90.9 Å². The standard InChI is InChI=1S/C12H19NO2/c1-9(7-14)8-15-12-6-4-3-5-11(12)10(2)13/h3-6,9-10,14H,7-8,13H2,1-2H3/t9?,10-/m0/s1. The average molecular weight is 209 g/mol. The lowest BCUT2D eigenvalue weighted by molar-refractivity contribution is 0.173. The molecule has 2 atom stereocenters. The first kappa shape index (κ1) is 12.0. The van der Waals surface area contributed by atoms with Gasteiger partial charge in [-0.25, -0.2) is 0 Å². The van der Waals surface area contributed by atoms with Crippen LogP contribution in [0.4, 0.5) is 0 Å². The molecule has 0 saturated heterocycles. The van der Waals surface area contributed by atoms with Crippen molar-refractivity contribution < 1.29 is 9.84 Å². The van der Waals surface area contributed by atoms with Gasteiger partial charge in [-0.05, 0) is 13.0 Å². The highest BCUT2D eigenvalue weighted by atomic mass is 16.5. The first-order valence-electron chi connectivity index (χ1n) is 5.23. The summed E-state index contributed by atoms with van der Waals surface area (Å²) in [6.07, 6.45) is 0. The van der Waals surface area contributed by atoms with E-state index in [2.05, 4.69) is 0 Å². The zero-order valence-corrected chi connectivity index (χ0v) is 9.31. The van der Waals surface area contributed by atoms with E-state index in [0.717, 1.165) is 11.3 Å².